The van der Waals surface area contributed by atoms with Crippen LogP contribution in [-0.2, 0) is 22.3 Å². The number of hydrogen-bond donors (Lipinski definition) is 0. The normalized spacial score (nSPS) is 17.7. The van der Waals surface area contributed by atoms with Crippen molar-refractivity contribution in [1.82, 2.24) is 4.90 Å². The van der Waals surface area contributed by atoms with E-state index in [0.29, 0.717) is 31.9 Å². The maximum atomic E-state index is 13.1. The number of alkyl halides is 3. The van der Waals surface area contributed by atoms with Crippen LogP contribution in [0.4, 0.5) is 13.2 Å². The molecule has 1 atom stereocenters. The third kappa shape index (κ3) is 5.97. The highest BCUT2D eigenvalue weighted by Gasteiger charge is 2.33. The van der Waals surface area contributed by atoms with E-state index in [1.807, 2.05) is 19.1 Å². The van der Waals surface area contributed by atoms with Gasteiger partial charge in [0.1, 0.15) is 12.4 Å². The molecule has 0 bridgehead atoms. The predicted octanol–water partition coefficient (Wildman–Crippen LogP) is 5.12. The largest absolute Gasteiger partial charge is 0.489 e. The van der Waals surface area contributed by atoms with Crippen molar-refractivity contribution in [3.8, 4) is 5.75 Å². The number of aryl methyl sites for hydroxylation is 1. The van der Waals surface area contributed by atoms with Crippen LogP contribution < -0.4 is 4.74 Å². The Hall–Kier alpha value is -2.09. The van der Waals surface area contributed by atoms with Gasteiger partial charge in [-0.1, -0.05) is 24.3 Å². The molecule has 4 nitrogen and oxygen atoms in total. The number of carbonyl (C=O) groups excluding carboxylic acids is 1. The lowest BCUT2D eigenvalue weighted by atomic mass is 10.0. The second-order valence-corrected chi connectivity index (χ2v) is 7.66. The lowest BCUT2D eigenvalue weighted by Crippen LogP contribution is -2.39. The number of benzene rings is 2. The van der Waals surface area contributed by atoms with Crippen molar-refractivity contribution in [2.75, 3.05) is 26.2 Å². The predicted molar refractivity (Wildman–Crippen MR) is 108 cm³/mol. The SMILES string of the molecule is Cc1cc(C2CN(CCC(=O)Cl)CCO2)ccc1OCc1ccccc1C(F)(F)F. The van der Waals surface area contributed by atoms with Gasteiger partial charge in [0, 0.05) is 31.6 Å². The van der Waals surface area contributed by atoms with E-state index in [1.54, 1.807) is 12.1 Å². The van der Waals surface area contributed by atoms with Crippen molar-refractivity contribution in [2.45, 2.75) is 32.2 Å². The summed E-state index contributed by atoms with van der Waals surface area (Å²) in [6, 6.07) is 10.9. The summed E-state index contributed by atoms with van der Waals surface area (Å²) >= 11 is 5.42. The lowest BCUT2D eigenvalue weighted by Gasteiger charge is -2.33. The number of hydrogen-bond acceptors (Lipinski definition) is 4. The summed E-state index contributed by atoms with van der Waals surface area (Å²) in [5.74, 6) is 0.524. The van der Waals surface area contributed by atoms with Gasteiger partial charge >= 0.3 is 6.18 Å². The first kappa shape index (κ1) is 22.6. The van der Waals surface area contributed by atoms with Crippen LogP contribution in [0.15, 0.2) is 42.5 Å². The molecule has 0 saturated carbocycles. The van der Waals surface area contributed by atoms with E-state index in [9.17, 15) is 18.0 Å². The molecule has 0 N–H and O–H groups in total. The third-order valence-corrected chi connectivity index (χ3v) is 5.24. The van der Waals surface area contributed by atoms with Gasteiger partial charge in [-0.05, 0) is 47.9 Å². The number of halogens is 4. The standard InChI is InChI=1S/C22H23ClF3NO3/c1-15-12-16(20-13-27(10-11-29-20)9-8-21(23)28)6-7-19(15)30-14-17-4-2-3-5-18(17)22(24,25)26/h2-7,12,20H,8-11,13-14H2,1H3. The minimum absolute atomic E-state index is 0.0913. The Morgan fingerprint density at radius 2 is 2.03 bits per heavy atom. The Labute approximate surface area is 178 Å². The fourth-order valence-electron chi connectivity index (χ4n) is 3.47. The molecule has 0 aliphatic carbocycles. The van der Waals surface area contributed by atoms with Gasteiger partial charge in [0.25, 0.3) is 0 Å². The summed E-state index contributed by atoms with van der Waals surface area (Å²) in [6.45, 7) is 4.19. The number of nitrogens with zero attached hydrogens (tertiary/aromatic N) is 1. The van der Waals surface area contributed by atoms with Crippen molar-refractivity contribution < 1.29 is 27.4 Å². The highest BCUT2D eigenvalue weighted by Crippen LogP contribution is 2.33. The first-order valence-electron chi connectivity index (χ1n) is 9.65. The Morgan fingerprint density at radius 3 is 2.73 bits per heavy atom. The monoisotopic (exact) mass is 441 g/mol. The zero-order valence-electron chi connectivity index (χ0n) is 16.5. The van der Waals surface area contributed by atoms with Gasteiger partial charge in [-0.25, -0.2) is 0 Å². The molecular formula is C22H23ClF3NO3. The van der Waals surface area contributed by atoms with Crippen LogP contribution in [0, 0.1) is 6.92 Å². The van der Waals surface area contributed by atoms with Crippen molar-refractivity contribution in [3.05, 3.63) is 64.7 Å². The van der Waals surface area contributed by atoms with Crippen molar-refractivity contribution in [1.29, 1.82) is 0 Å². The Morgan fingerprint density at radius 1 is 1.27 bits per heavy atom. The zero-order chi connectivity index (χ0) is 21.7. The van der Waals surface area contributed by atoms with Crippen molar-refractivity contribution in [3.63, 3.8) is 0 Å². The van der Waals surface area contributed by atoms with Crippen LogP contribution in [0.1, 0.15) is 34.8 Å². The molecule has 1 heterocycles. The van der Waals surface area contributed by atoms with E-state index >= 15 is 0 Å². The average Bonchev–Trinajstić information content (AvgIpc) is 2.71. The molecular weight excluding hydrogens is 419 g/mol. The van der Waals surface area contributed by atoms with Crippen LogP contribution in [0.5, 0.6) is 5.75 Å². The minimum atomic E-state index is -4.42. The molecule has 1 fully saturated rings. The van der Waals surface area contributed by atoms with Gasteiger partial charge < -0.3 is 9.47 Å². The van der Waals surface area contributed by atoms with Gasteiger partial charge in [-0.2, -0.15) is 13.2 Å². The van der Waals surface area contributed by atoms with Gasteiger partial charge in [0.15, 0.2) is 0 Å². The first-order chi connectivity index (χ1) is 14.2. The average molecular weight is 442 g/mol. The summed E-state index contributed by atoms with van der Waals surface area (Å²) in [5.41, 5.74) is 1.17. The van der Waals surface area contributed by atoms with Gasteiger partial charge in [-0.3, -0.25) is 9.69 Å². The van der Waals surface area contributed by atoms with Crippen LogP contribution in [-0.4, -0.2) is 36.4 Å². The molecule has 162 valence electrons. The molecule has 0 amide bonds. The number of carbonyl (C=O) groups is 1. The van der Waals surface area contributed by atoms with Crippen molar-refractivity contribution in [2.24, 2.45) is 0 Å². The van der Waals surface area contributed by atoms with Gasteiger partial charge in [-0.15, -0.1) is 0 Å². The molecule has 1 unspecified atom stereocenters. The summed E-state index contributed by atoms with van der Waals surface area (Å²) in [7, 11) is 0. The number of morpholine rings is 1. The Kier molecular flexibility index (Phi) is 7.39. The third-order valence-electron chi connectivity index (χ3n) is 5.05. The molecule has 1 saturated heterocycles. The highest BCUT2D eigenvalue weighted by molar-refractivity contribution is 6.63. The molecule has 2 aromatic rings. The van der Waals surface area contributed by atoms with E-state index in [1.165, 1.54) is 12.1 Å². The second kappa shape index (κ2) is 9.81. The lowest BCUT2D eigenvalue weighted by molar-refractivity contribution is -0.138. The maximum absolute atomic E-state index is 13.1. The molecule has 8 heteroatoms. The Bertz CT molecular complexity index is 888. The van der Waals surface area contributed by atoms with E-state index in [0.717, 1.165) is 23.7 Å². The Balaban J connectivity index is 1.65. The van der Waals surface area contributed by atoms with Crippen molar-refractivity contribution >= 4 is 16.8 Å². The fourth-order valence-corrected chi connectivity index (χ4v) is 3.55. The zero-order valence-corrected chi connectivity index (χ0v) is 17.3. The fraction of sp³-hybridized carbons (Fsp3) is 0.409. The van der Waals surface area contributed by atoms with Crippen LogP contribution in [0.2, 0.25) is 0 Å². The quantitative estimate of drug-likeness (QED) is 0.559. The van der Waals surface area contributed by atoms with Gasteiger partial charge in [0.05, 0.1) is 18.3 Å². The minimum Gasteiger partial charge on any atom is -0.489 e. The molecule has 3 rings (SSSR count). The smallest absolute Gasteiger partial charge is 0.416 e. The second-order valence-electron chi connectivity index (χ2n) is 7.23. The van der Waals surface area contributed by atoms with E-state index in [2.05, 4.69) is 4.90 Å². The molecule has 1 aliphatic heterocycles. The molecule has 0 aromatic heterocycles. The topological polar surface area (TPSA) is 38.8 Å². The summed E-state index contributed by atoms with van der Waals surface area (Å²) in [4.78, 5) is 13.1. The number of ether oxygens (including phenoxy) is 2. The van der Waals surface area contributed by atoms with Crippen LogP contribution in [0.3, 0.4) is 0 Å². The van der Waals surface area contributed by atoms with E-state index in [-0.39, 0.29) is 23.5 Å². The highest BCUT2D eigenvalue weighted by atomic mass is 35.5. The summed E-state index contributed by atoms with van der Waals surface area (Å²) in [6.07, 6.45) is -4.28. The van der Waals surface area contributed by atoms with Crippen LogP contribution in [0.25, 0.3) is 0 Å². The molecule has 0 spiro atoms. The van der Waals surface area contributed by atoms with Crippen LogP contribution >= 0.6 is 11.6 Å². The molecule has 30 heavy (non-hydrogen) atoms. The molecule has 0 radical (unpaired) electrons. The maximum Gasteiger partial charge on any atom is 0.416 e. The summed E-state index contributed by atoms with van der Waals surface area (Å²) in [5, 5.41) is -0.359. The van der Waals surface area contributed by atoms with E-state index < -0.39 is 11.7 Å². The first-order valence-corrected chi connectivity index (χ1v) is 10.0. The molecule has 2 aromatic carbocycles. The molecule has 1 aliphatic rings. The number of rotatable bonds is 7. The van der Waals surface area contributed by atoms with Gasteiger partial charge in [0.2, 0.25) is 5.24 Å². The van der Waals surface area contributed by atoms with E-state index in [4.69, 9.17) is 21.1 Å². The summed E-state index contributed by atoms with van der Waals surface area (Å²) < 4.78 is 51.0.